The van der Waals surface area contributed by atoms with Gasteiger partial charge >= 0.3 is 0 Å². The Hall–Kier alpha value is -2.01. The van der Waals surface area contributed by atoms with E-state index in [1.165, 1.54) is 18.9 Å². The second kappa shape index (κ2) is 9.20. The van der Waals surface area contributed by atoms with Crippen LogP contribution in [0.1, 0.15) is 24.8 Å². The molecule has 1 aromatic rings. The molecular weight excluding hydrogens is 294 g/mol. The Kier molecular flexibility index (Phi) is 6.94. The van der Waals surface area contributed by atoms with E-state index in [2.05, 4.69) is 5.32 Å². The zero-order valence-electron chi connectivity index (χ0n) is 13.8. The van der Waals surface area contributed by atoms with Crippen LogP contribution in [0.2, 0.25) is 0 Å². The van der Waals surface area contributed by atoms with Crippen molar-refractivity contribution < 1.29 is 19.0 Å². The van der Waals surface area contributed by atoms with Gasteiger partial charge in [-0.3, -0.25) is 4.79 Å². The summed E-state index contributed by atoms with van der Waals surface area (Å²) in [7, 11) is 3.18. The number of methoxy groups -OCH3 is 2. The molecule has 0 unspecified atom stereocenters. The van der Waals surface area contributed by atoms with Gasteiger partial charge in [-0.25, -0.2) is 0 Å². The van der Waals surface area contributed by atoms with Gasteiger partial charge in [0.1, 0.15) is 0 Å². The van der Waals surface area contributed by atoms with Crippen molar-refractivity contribution in [1.82, 2.24) is 5.32 Å². The maximum Gasteiger partial charge on any atom is 0.244 e. The molecule has 1 amide bonds. The molecule has 0 aromatic heterocycles. The van der Waals surface area contributed by atoms with Crippen molar-refractivity contribution in [3.63, 3.8) is 0 Å². The van der Waals surface area contributed by atoms with Gasteiger partial charge in [-0.05, 0) is 49.0 Å². The fraction of sp³-hybridized carbons (Fsp3) is 0.500. The molecule has 0 aliphatic heterocycles. The normalized spacial score (nSPS) is 14.0. The van der Waals surface area contributed by atoms with Crippen molar-refractivity contribution in [2.75, 3.05) is 34.0 Å². The molecule has 0 saturated heterocycles. The van der Waals surface area contributed by atoms with Gasteiger partial charge in [0, 0.05) is 25.8 Å². The molecule has 5 nitrogen and oxygen atoms in total. The summed E-state index contributed by atoms with van der Waals surface area (Å²) in [5.41, 5.74) is 0.880. The van der Waals surface area contributed by atoms with Gasteiger partial charge in [0.25, 0.3) is 0 Å². The molecule has 23 heavy (non-hydrogen) atoms. The molecule has 1 N–H and O–H groups in total. The number of benzene rings is 1. The van der Waals surface area contributed by atoms with Gasteiger partial charge in [0.2, 0.25) is 5.91 Å². The lowest BCUT2D eigenvalue weighted by Crippen LogP contribution is -2.23. The lowest BCUT2D eigenvalue weighted by molar-refractivity contribution is -0.116. The molecule has 0 atom stereocenters. The third-order valence-corrected chi connectivity index (χ3v) is 3.65. The van der Waals surface area contributed by atoms with E-state index in [9.17, 15) is 4.79 Å². The first kappa shape index (κ1) is 17.3. The van der Waals surface area contributed by atoms with Gasteiger partial charge in [-0.15, -0.1) is 0 Å². The van der Waals surface area contributed by atoms with Gasteiger partial charge in [-0.1, -0.05) is 6.07 Å². The highest BCUT2D eigenvalue weighted by Gasteiger charge is 2.20. The molecule has 0 bridgehead atoms. The zero-order valence-corrected chi connectivity index (χ0v) is 13.8. The van der Waals surface area contributed by atoms with Crippen LogP contribution in [-0.2, 0) is 9.53 Å². The van der Waals surface area contributed by atoms with Crippen molar-refractivity contribution in [3.05, 3.63) is 29.8 Å². The SMILES string of the molecule is COc1ccc(/C=C/C(=O)NCCCOCC2CC2)cc1OC. The van der Waals surface area contributed by atoms with Crippen LogP contribution in [0.3, 0.4) is 0 Å². The predicted molar refractivity (Wildman–Crippen MR) is 89.7 cm³/mol. The van der Waals surface area contributed by atoms with E-state index in [0.717, 1.165) is 24.5 Å². The van der Waals surface area contributed by atoms with E-state index in [-0.39, 0.29) is 5.91 Å². The number of carbonyl (C=O) groups excluding carboxylic acids is 1. The van der Waals surface area contributed by atoms with Crippen LogP contribution in [0.25, 0.3) is 6.08 Å². The molecule has 0 radical (unpaired) electrons. The highest BCUT2D eigenvalue weighted by molar-refractivity contribution is 5.91. The smallest absolute Gasteiger partial charge is 0.244 e. The molecular formula is C18H25NO4. The quantitative estimate of drug-likeness (QED) is 0.532. The Balaban J connectivity index is 1.68. The number of amides is 1. The number of hydrogen-bond acceptors (Lipinski definition) is 4. The Morgan fingerprint density at radius 1 is 1.26 bits per heavy atom. The van der Waals surface area contributed by atoms with Crippen LogP contribution in [-0.4, -0.2) is 39.9 Å². The van der Waals surface area contributed by atoms with E-state index >= 15 is 0 Å². The summed E-state index contributed by atoms with van der Waals surface area (Å²) in [5.74, 6) is 1.99. The molecule has 1 aromatic carbocycles. The number of ether oxygens (including phenoxy) is 3. The zero-order chi connectivity index (χ0) is 16.5. The molecule has 5 heteroatoms. The molecule has 1 fully saturated rings. The summed E-state index contributed by atoms with van der Waals surface area (Å²) < 4.78 is 15.9. The Labute approximate surface area is 137 Å². The topological polar surface area (TPSA) is 56.8 Å². The monoisotopic (exact) mass is 319 g/mol. The third-order valence-electron chi connectivity index (χ3n) is 3.65. The number of rotatable bonds is 10. The molecule has 0 heterocycles. The Morgan fingerprint density at radius 2 is 2.04 bits per heavy atom. The van der Waals surface area contributed by atoms with Gasteiger partial charge in [0.15, 0.2) is 11.5 Å². The lowest BCUT2D eigenvalue weighted by atomic mass is 10.2. The van der Waals surface area contributed by atoms with Crippen LogP contribution in [0.5, 0.6) is 11.5 Å². The van der Waals surface area contributed by atoms with Crippen molar-refractivity contribution in [3.8, 4) is 11.5 Å². The van der Waals surface area contributed by atoms with E-state index in [1.54, 1.807) is 20.3 Å². The van der Waals surface area contributed by atoms with E-state index in [1.807, 2.05) is 18.2 Å². The van der Waals surface area contributed by atoms with Crippen LogP contribution >= 0.6 is 0 Å². The summed E-state index contributed by atoms with van der Waals surface area (Å²) in [5, 5.41) is 2.85. The van der Waals surface area contributed by atoms with E-state index < -0.39 is 0 Å². The van der Waals surface area contributed by atoms with E-state index in [0.29, 0.717) is 24.7 Å². The first-order chi connectivity index (χ1) is 11.2. The molecule has 2 rings (SSSR count). The van der Waals surface area contributed by atoms with E-state index in [4.69, 9.17) is 14.2 Å². The highest BCUT2D eigenvalue weighted by atomic mass is 16.5. The summed E-state index contributed by atoms with van der Waals surface area (Å²) in [4.78, 5) is 11.8. The predicted octanol–water partition coefficient (Wildman–Crippen LogP) is 2.65. The second-order valence-electron chi connectivity index (χ2n) is 5.61. The minimum atomic E-state index is -0.109. The maximum atomic E-state index is 11.8. The average Bonchev–Trinajstić information content (AvgIpc) is 3.40. The maximum absolute atomic E-state index is 11.8. The van der Waals surface area contributed by atoms with Crippen molar-refractivity contribution in [2.45, 2.75) is 19.3 Å². The number of carbonyl (C=O) groups is 1. The third kappa shape index (κ3) is 6.32. The van der Waals surface area contributed by atoms with Crippen LogP contribution in [0.15, 0.2) is 24.3 Å². The Morgan fingerprint density at radius 3 is 2.74 bits per heavy atom. The molecule has 1 aliphatic carbocycles. The second-order valence-corrected chi connectivity index (χ2v) is 5.61. The van der Waals surface area contributed by atoms with Crippen LogP contribution in [0.4, 0.5) is 0 Å². The van der Waals surface area contributed by atoms with Crippen molar-refractivity contribution in [1.29, 1.82) is 0 Å². The Bertz CT molecular complexity index is 538. The van der Waals surface area contributed by atoms with Gasteiger partial charge < -0.3 is 19.5 Å². The molecule has 0 spiro atoms. The van der Waals surface area contributed by atoms with Crippen molar-refractivity contribution in [2.24, 2.45) is 5.92 Å². The standard InChI is InChI=1S/C18H25NO4/c1-21-16-8-6-14(12-17(16)22-2)7-9-18(20)19-10-3-11-23-13-15-4-5-15/h6-9,12,15H,3-5,10-11,13H2,1-2H3,(H,19,20)/b9-7+. The largest absolute Gasteiger partial charge is 0.493 e. The summed E-state index contributed by atoms with van der Waals surface area (Å²) >= 11 is 0. The molecule has 126 valence electrons. The summed E-state index contributed by atoms with van der Waals surface area (Å²) in [6, 6.07) is 5.51. The van der Waals surface area contributed by atoms with Gasteiger partial charge in [-0.2, -0.15) is 0 Å². The first-order valence-corrected chi connectivity index (χ1v) is 7.98. The lowest BCUT2D eigenvalue weighted by Gasteiger charge is -2.07. The highest BCUT2D eigenvalue weighted by Crippen LogP contribution is 2.29. The minimum absolute atomic E-state index is 0.109. The fourth-order valence-electron chi connectivity index (χ4n) is 2.11. The first-order valence-electron chi connectivity index (χ1n) is 7.98. The number of hydrogen-bond donors (Lipinski definition) is 1. The minimum Gasteiger partial charge on any atom is -0.493 e. The molecule has 1 saturated carbocycles. The van der Waals surface area contributed by atoms with Crippen LogP contribution < -0.4 is 14.8 Å². The van der Waals surface area contributed by atoms with Gasteiger partial charge in [0.05, 0.1) is 14.2 Å². The average molecular weight is 319 g/mol. The number of nitrogens with one attached hydrogen (secondary N) is 1. The van der Waals surface area contributed by atoms with Crippen molar-refractivity contribution >= 4 is 12.0 Å². The summed E-state index contributed by atoms with van der Waals surface area (Å²) in [6.07, 6.45) is 6.71. The molecule has 1 aliphatic rings. The fourth-order valence-corrected chi connectivity index (χ4v) is 2.11. The van der Waals surface area contributed by atoms with Crippen LogP contribution in [0, 0.1) is 5.92 Å². The summed E-state index contributed by atoms with van der Waals surface area (Å²) in [6.45, 7) is 2.20.